The van der Waals surface area contributed by atoms with Gasteiger partial charge < -0.3 is 20.1 Å². The number of rotatable bonds is 12. The normalized spacial score (nSPS) is 24.2. The highest BCUT2D eigenvalue weighted by Crippen LogP contribution is 2.36. The number of aliphatic hydroxyl groups excluding tert-OH is 1. The van der Waals surface area contributed by atoms with Gasteiger partial charge in [-0.15, -0.1) is 11.6 Å². The predicted molar refractivity (Wildman–Crippen MR) is 128 cm³/mol. The maximum atomic E-state index is 13.0. The summed E-state index contributed by atoms with van der Waals surface area (Å²) in [6.07, 6.45) is 4.85. The van der Waals surface area contributed by atoms with Crippen LogP contribution in [-0.4, -0.2) is 66.7 Å². The van der Waals surface area contributed by atoms with Gasteiger partial charge in [-0.05, 0) is 64.7 Å². The number of nitrogens with one attached hydrogen (secondary N) is 1. The van der Waals surface area contributed by atoms with Gasteiger partial charge in [-0.3, -0.25) is 4.79 Å². The van der Waals surface area contributed by atoms with Crippen molar-refractivity contribution in [1.29, 1.82) is 0 Å². The zero-order valence-corrected chi connectivity index (χ0v) is 20.4. The number of unbranched alkanes of at least 4 members (excludes halogenated alkanes) is 2. The molecule has 0 aliphatic heterocycles. The number of esters is 1. The Bertz CT molecular complexity index is 700. The van der Waals surface area contributed by atoms with Crippen LogP contribution >= 0.6 is 11.6 Å². The van der Waals surface area contributed by atoms with E-state index in [1.807, 2.05) is 30.3 Å². The number of carbonyl (C=O) groups is 2. The Morgan fingerprint density at radius 1 is 1.19 bits per heavy atom. The van der Waals surface area contributed by atoms with Crippen LogP contribution < -0.4 is 5.32 Å². The van der Waals surface area contributed by atoms with Crippen LogP contribution in [0.4, 0.5) is 0 Å². The first kappa shape index (κ1) is 26.6. The van der Waals surface area contributed by atoms with E-state index in [-0.39, 0.29) is 23.8 Å². The van der Waals surface area contributed by atoms with E-state index in [2.05, 4.69) is 24.3 Å². The van der Waals surface area contributed by atoms with Crippen molar-refractivity contribution in [2.24, 2.45) is 11.8 Å². The molecule has 1 aliphatic rings. The van der Waals surface area contributed by atoms with Crippen molar-refractivity contribution in [3.8, 4) is 0 Å². The fraction of sp³-hybridized carbons (Fsp3) is 0.680. The quantitative estimate of drug-likeness (QED) is 0.280. The van der Waals surface area contributed by atoms with Crippen LogP contribution in [0, 0.1) is 11.8 Å². The van der Waals surface area contributed by atoms with E-state index in [1.165, 1.54) is 0 Å². The molecule has 2 rings (SSSR count). The highest BCUT2D eigenvalue weighted by Gasteiger charge is 2.39. The maximum Gasteiger partial charge on any atom is 0.328 e. The minimum Gasteiger partial charge on any atom is -0.464 e. The first-order valence-electron chi connectivity index (χ1n) is 11.8. The summed E-state index contributed by atoms with van der Waals surface area (Å²) in [6, 6.07) is 8.71. The molecule has 0 aromatic heterocycles. The fourth-order valence-electron chi connectivity index (χ4n) is 4.37. The van der Waals surface area contributed by atoms with Crippen LogP contribution in [0.2, 0.25) is 0 Å². The molecule has 0 radical (unpaired) electrons. The van der Waals surface area contributed by atoms with Gasteiger partial charge in [0, 0.05) is 11.8 Å². The molecule has 1 fully saturated rings. The van der Waals surface area contributed by atoms with Gasteiger partial charge >= 0.3 is 5.97 Å². The molecule has 1 saturated carbocycles. The smallest absolute Gasteiger partial charge is 0.328 e. The molecule has 2 N–H and O–H groups in total. The lowest BCUT2D eigenvalue weighted by atomic mass is 9.77. The Labute approximate surface area is 197 Å². The number of ether oxygens (including phenoxy) is 1. The molecule has 1 aromatic rings. The number of hydrogen-bond acceptors (Lipinski definition) is 5. The Hall–Kier alpha value is -1.63. The second-order valence-electron chi connectivity index (χ2n) is 9.08. The van der Waals surface area contributed by atoms with Crippen molar-refractivity contribution in [3.05, 3.63) is 35.9 Å². The van der Waals surface area contributed by atoms with Crippen LogP contribution in [0.15, 0.2) is 30.3 Å². The Balaban J connectivity index is 1.90. The predicted octanol–water partition coefficient (Wildman–Crippen LogP) is 3.39. The second kappa shape index (κ2) is 13.8. The van der Waals surface area contributed by atoms with Crippen molar-refractivity contribution in [3.63, 3.8) is 0 Å². The van der Waals surface area contributed by atoms with E-state index in [0.29, 0.717) is 19.3 Å². The zero-order valence-electron chi connectivity index (χ0n) is 19.6. The van der Waals surface area contributed by atoms with E-state index in [9.17, 15) is 14.7 Å². The molecule has 1 aromatic carbocycles. The number of alkyl halides is 1. The molecule has 6 nitrogen and oxygen atoms in total. The van der Waals surface area contributed by atoms with Gasteiger partial charge in [0.15, 0.2) is 0 Å². The van der Waals surface area contributed by atoms with Crippen molar-refractivity contribution in [2.75, 3.05) is 27.2 Å². The first-order chi connectivity index (χ1) is 15.3. The summed E-state index contributed by atoms with van der Waals surface area (Å²) in [6.45, 7) is 3.05. The number of nitrogens with zero attached hydrogens (tertiary/aromatic N) is 1. The monoisotopic (exact) mass is 466 g/mol. The Morgan fingerprint density at radius 3 is 2.56 bits per heavy atom. The standard InChI is InChI=1S/C25H39ClN2O4/c1-4-32-25(31)22(15-18-11-7-5-8-12-18)27-24(30)20-17-21(26)19(16-23(20)29)13-9-6-10-14-28(2)3/h5,7-8,11-12,19-23,29H,4,6,9-10,13-17H2,1-3H3,(H,27,30)/t19?,20?,21?,22-,23?/m0/s1. The number of amides is 1. The van der Waals surface area contributed by atoms with Crippen molar-refractivity contribution < 1.29 is 19.4 Å². The summed E-state index contributed by atoms with van der Waals surface area (Å²) in [5.74, 6) is -1.20. The minimum atomic E-state index is -0.791. The Morgan fingerprint density at radius 2 is 1.91 bits per heavy atom. The lowest BCUT2D eigenvalue weighted by molar-refractivity contribution is -0.148. The number of hydrogen-bond donors (Lipinski definition) is 2. The van der Waals surface area contributed by atoms with Gasteiger partial charge in [0.05, 0.1) is 18.6 Å². The molecule has 5 atom stereocenters. The van der Waals surface area contributed by atoms with Gasteiger partial charge in [-0.1, -0.05) is 43.2 Å². The molecular weight excluding hydrogens is 428 g/mol. The van der Waals surface area contributed by atoms with Crippen LogP contribution in [0.5, 0.6) is 0 Å². The summed E-state index contributed by atoms with van der Waals surface area (Å²) >= 11 is 6.64. The summed E-state index contributed by atoms with van der Waals surface area (Å²) in [5, 5.41) is 13.4. The summed E-state index contributed by atoms with van der Waals surface area (Å²) < 4.78 is 5.16. The first-order valence-corrected chi connectivity index (χ1v) is 12.2. The number of benzene rings is 1. The van der Waals surface area contributed by atoms with Crippen LogP contribution in [-0.2, 0) is 20.7 Å². The van der Waals surface area contributed by atoms with Crippen LogP contribution in [0.3, 0.4) is 0 Å². The van der Waals surface area contributed by atoms with E-state index >= 15 is 0 Å². The van der Waals surface area contributed by atoms with Gasteiger partial charge in [-0.2, -0.15) is 0 Å². The van der Waals surface area contributed by atoms with Crippen LogP contribution in [0.1, 0.15) is 51.0 Å². The third-order valence-electron chi connectivity index (χ3n) is 6.19. The van der Waals surface area contributed by atoms with Gasteiger partial charge in [-0.25, -0.2) is 4.79 Å². The molecule has 0 bridgehead atoms. The SMILES string of the molecule is CCOC(=O)[C@H](Cc1ccccc1)NC(=O)C1CC(Cl)C(CCCCCN(C)C)CC1O. The van der Waals surface area contributed by atoms with Crippen molar-refractivity contribution in [2.45, 2.75) is 69.4 Å². The molecule has 0 heterocycles. The number of aliphatic hydroxyl groups is 1. The number of carbonyl (C=O) groups excluding carboxylic acids is 2. The number of halogens is 1. The molecule has 7 heteroatoms. The largest absolute Gasteiger partial charge is 0.464 e. The lowest BCUT2D eigenvalue weighted by Crippen LogP contribution is -2.50. The highest BCUT2D eigenvalue weighted by atomic mass is 35.5. The average Bonchev–Trinajstić information content (AvgIpc) is 2.75. The van der Waals surface area contributed by atoms with E-state index < -0.39 is 24.0 Å². The van der Waals surface area contributed by atoms with Gasteiger partial charge in [0.1, 0.15) is 6.04 Å². The van der Waals surface area contributed by atoms with E-state index in [0.717, 1.165) is 37.8 Å². The maximum absolute atomic E-state index is 13.0. The lowest BCUT2D eigenvalue weighted by Gasteiger charge is -2.36. The summed E-state index contributed by atoms with van der Waals surface area (Å²) in [4.78, 5) is 27.6. The molecular formula is C25H39ClN2O4. The molecule has 4 unspecified atom stereocenters. The average molecular weight is 467 g/mol. The fourth-order valence-corrected chi connectivity index (χ4v) is 4.79. The van der Waals surface area contributed by atoms with E-state index in [1.54, 1.807) is 6.92 Å². The Kier molecular flexibility index (Phi) is 11.5. The van der Waals surface area contributed by atoms with E-state index in [4.69, 9.17) is 16.3 Å². The summed E-state index contributed by atoms with van der Waals surface area (Å²) in [5.41, 5.74) is 0.930. The summed E-state index contributed by atoms with van der Waals surface area (Å²) in [7, 11) is 4.15. The molecule has 0 spiro atoms. The topological polar surface area (TPSA) is 78.9 Å². The third kappa shape index (κ3) is 8.72. The minimum absolute atomic E-state index is 0.154. The van der Waals surface area contributed by atoms with Crippen LogP contribution in [0.25, 0.3) is 0 Å². The van der Waals surface area contributed by atoms with Crippen molar-refractivity contribution in [1.82, 2.24) is 10.2 Å². The van der Waals surface area contributed by atoms with Gasteiger partial charge in [0.25, 0.3) is 0 Å². The van der Waals surface area contributed by atoms with Gasteiger partial charge in [0.2, 0.25) is 5.91 Å². The van der Waals surface area contributed by atoms with Crippen molar-refractivity contribution >= 4 is 23.5 Å². The highest BCUT2D eigenvalue weighted by molar-refractivity contribution is 6.21. The molecule has 32 heavy (non-hydrogen) atoms. The third-order valence-corrected chi connectivity index (χ3v) is 6.72. The zero-order chi connectivity index (χ0) is 23.5. The second-order valence-corrected chi connectivity index (χ2v) is 9.64. The molecule has 1 amide bonds. The molecule has 1 aliphatic carbocycles. The molecule has 0 saturated heterocycles. The molecule has 180 valence electrons.